The van der Waals surface area contributed by atoms with Crippen molar-refractivity contribution in [3.8, 4) is 0 Å². The number of H-pyrrole nitrogens is 1. The summed E-state index contributed by atoms with van der Waals surface area (Å²) >= 11 is 3.58. The third kappa shape index (κ3) is 3.74. The molecule has 0 aliphatic carbocycles. The van der Waals surface area contributed by atoms with Crippen molar-refractivity contribution in [2.24, 2.45) is 0 Å². The zero-order valence-electron chi connectivity index (χ0n) is 18.2. The van der Waals surface area contributed by atoms with Crippen LogP contribution in [-0.2, 0) is 6.54 Å². The predicted molar refractivity (Wildman–Crippen MR) is 126 cm³/mol. The average Bonchev–Trinajstić information content (AvgIpc) is 3.31. The maximum atomic E-state index is 4.90. The minimum Gasteiger partial charge on any atom is -0.340 e. The second-order valence-corrected chi connectivity index (χ2v) is 9.19. The summed E-state index contributed by atoms with van der Waals surface area (Å²) in [5.74, 6) is 2.36. The van der Waals surface area contributed by atoms with Crippen LogP contribution in [0.25, 0.3) is 16.7 Å². The molecule has 0 unspecified atom stereocenters. The van der Waals surface area contributed by atoms with Gasteiger partial charge in [0.05, 0.1) is 28.2 Å². The zero-order valence-corrected chi connectivity index (χ0v) is 19.8. The van der Waals surface area contributed by atoms with E-state index in [0.29, 0.717) is 6.54 Å². The van der Waals surface area contributed by atoms with Crippen molar-refractivity contribution in [2.45, 2.75) is 20.4 Å². The summed E-state index contributed by atoms with van der Waals surface area (Å²) in [6, 6.07) is 4.28. The second kappa shape index (κ2) is 7.76. The number of anilines is 2. The summed E-state index contributed by atoms with van der Waals surface area (Å²) in [4.78, 5) is 24.6. The third-order valence-corrected chi connectivity index (χ3v) is 6.52. The Labute approximate surface area is 189 Å². The monoisotopic (exact) mass is 483 g/mol. The van der Waals surface area contributed by atoms with Gasteiger partial charge in [-0.2, -0.15) is 19.6 Å². The summed E-state index contributed by atoms with van der Waals surface area (Å²) in [6.07, 6.45) is 1.77. The smallest absolute Gasteiger partial charge is 0.232 e. The molecule has 0 bridgehead atoms. The van der Waals surface area contributed by atoms with Gasteiger partial charge < -0.3 is 19.7 Å². The van der Waals surface area contributed by atoms with Crippen LogP contribution in [0.5, 0.6) is 0 Å². The first-order valence-electron chi connectivity index (χ1n) is 10.4. The largest absolute Gasteiger partial charge is 0.340 e. The van der Waals surface area contributed by atoms with Gasteiger partial charge in [0.25, 0.3) is 0 Å². The Kier molecular flexibility index (Phi) is 5.05. The number of imidazole rings is 1. The number of likely N-dealkylation sites (N-methyl/N-ethyl adjacent to an activating group) is 1. The van der Waals surface area contributed by atoms with E-state index in [-0.39, 0.29) is 0 Å². The van der Waals surface area contributed by atoms with E-state index in [4.69, 9.17) is 15.0 Å². The van der Waals surface area contributed by atoms with Crippen LogP contribution in [0.15, 0.2) is 22.8 Å². The van der Waals surface area contributed by atoms with Crippen LogP contribution in [0.3, 0.4) is 0 Å². The first-order valence-corrected chi connectivity index (χ1v) is 11.2. The van der Waals surface area contributed by atoms with Crippen molar-refractivity contribution in [1.82, 2.24) is 34.4 Å². The van der Waals surface area contributed by atoms with E-state index in [2.05, 4.69) is 73.7 Å². The summed E-state index contributed by atoms with van der Waals surface area (Å²) in [7, 11) is 4.15. The van der Waals surface area contributed by atoms with Gasteiger partial charge in [-0.25, -0.2) is 4.98 Å². The lowest BCUT2D eigenvalue weighted by molar-refractivity contribution is 0.311. The van der Waals surface area contributed by atoms with E-state index in [1.165, 1.54) is 11.1 Å². The molecular formula is C21H26BrN9. The van der Waals surface area contributed by atoms with Crippen LogP contribution in [0.4, 0.5) is 11.9 Å². The SMILES string of the molecule is Cc1cc2nc(CN(C)c3nc(N4CCN(C)CC4)nc4c(Br)cnn34)[nH]c2cc1C. The molecular weight excluding hydrogens is 458 g/mol. The average molecular weight is 484 g/mol. The Balaban J connectivity index is 1.49. The fraction of sp³-hybridized carbons (Fsp3) is 0.429. The standard InChI is InChI=1S/C21H26BrN9/c1-13-9-16-17(10-14(13)2)25-18(24-16)12-29(4)21-27-20(30-7-5-28(3)6-8-30)26-19-15(22)11-23-31(19)21/h9-11H,5-8,12H2,1-4H3,(H,24,25). The Hall–Kier alpha value is -2.72. The number of halogens is 1. The molecule has 4 aromatic rings. The molecule has 1 aliphatic rings. The molecule has 1 aliphatic heterocycles. The van der Waals surface area contributed by atoms with Crippen molar-refractivity contribution in [1.29, 1.82) is 0 Å². The van der Waals surface area contributed by atoms with Gasteiger partial charge in [-0.15, -0.1) is 0 Å². The van der Waals surface area contributed by atoms with Crippen molar-refractivity contribution >= 4 is 44.5 Å². The van der Waals surface area contributed by atoms with Crippen LogP contribution in [0.1, 0.15) is 17.0 Å². The van der Waals surface area contributed by atoms with Crippen molar-refractivity contribution in [2.75, 3.05) is 50.1 Å². The zero-order chi connectivity index (χ0) is 21.7. The predicted octanol–water partition coefficient (Wildman–Crippen LogP) is 2.77. The molecule has 0 saturated carbocycles. The number of benzene rings is 1. The summed E-state index contributed by atoms with van der Waals surface area (Å²) < 4.78 is 2.63. The number of aryl methyl sites for hydroxylation is 2. The number of hydrogen-bond donors (Lipinski definition) is 1. The van der Waals surface area contributed by atoms with E-state index in [0.717, 1.165) is 65.1 Å². The van der Waals surface area contributed by atoms with E-state index >= 15 is 0 Å². The van der Waals surface area contributed by atoms with E-state index < -0.39 is 0 Å². The molecule has 0 radical (unpaired) electrons. The fourth-order valence-electron chi connectivity index (χ4n) is 3.91. The third-order valence-electron chi connectivity index (χ3n) is 5.96. The van der Waals surface area contributed by atoms with Crippen LogP contribution >= 0.6 is 15.9 Å². The number of nitrogens with zero attached hydrogens (tertiary/aromatic N) is 8. The first kappa shape index (κ1) is 20.2. The number of rotatable bonds is 4. The molecule has 10 heteroatoms. The molecule has 9 nitrogen and oxygen atoms in total. The topological polar surface area (TPSA) is 81.5 Å². The molecule has 4 heterocycles. The Bertz CT molecular complexity index is 1210. The van der Waals surface area contributed by atoms with E-state index in [9.17, 15) is 0 Å². The quantitative estimate of drug-likeness (QED) is 0.477. The Morgan fingerprint density at radius 2 is 1.81 bits per heavy atom. The number of piperazine rings is 1. The highest BCUT2D eigenvalue weighted by molar-refractivity contribution is 9.10. The van der Waals surface area contributed by atoms with Gasteiger partial charge in [0.1, 0.15) is 5.82 Å². The molecule has 1 fully saturated rings. The molecule has 0 amide bonds. The van der Waals surface area contributed by atoms with Crippen LogP contribution in [0, 0.1) is 13.8 Å². The Morgan fingerprint density at radius 1 is 1.06 bits per heavy atom. The molecule has 1 saturated heterocycles. The van der Waals surface area contributed by atoms with Gasteiger partial charge in [0, 0.05) is 33.2 Å². The maximum Gasteiger partial charge on any atom is 0.232 e. The van der Waals surface area contributed by atoms with Gasteiger partial charge in [0.2, 0.25) is 11.9 Å². The highest BCUT2D eigenvalue weighted by Crippen LogP contribution is 2.25. The molecule has 3 aromatic heterocycles. The van der Waals surface area contributed by atoms with Crippen LogP contribution in [-0.4, -0.2) is 74.7 Å². The normalized spacial score (nSPS) is 15.3. The van der Waals surface area contributed by atoms with Gasteiger partial charge in [-0.3, -0.25) is 0 Å². The number of fused-ring (bicyclic) bond motifs is 2. The van der Waals surface area contributed by atoms with Gasteiger partial charge >= 0.3 is 0 Å². The minimum atomic E-state index is 0.582. The van der Waals surface area contributed by atoms with Crippen molar-refractivity contribution in [3.63, 3.8) is 0 Å². The Morgan fingerprint density at radius 3 is 2.58 bits per heavy atom. The number of aromatic nitrogens is 6. The molecule has 0 spiro atoms. The highest BCUT2D eigenvalue weighted by Gasteiger charge is 2.22. The van der Waals surface area contributed by atoms with Crippen LogP contribution in [0.2, 0.25) is 0 Å². The van der Waals surface area contributed by atoms with Gasteiger partial charge in [-0.05, 0) is 60.1 Å². The second-order valence-electron chi connectivity index (χ2n) is 8.34. The summed E-state index contributed by atoms with van der Waals surface area (Å²) in [6.45, 7) is 8.62. The van der Waals surface area contributed by atoms with Crippen molar-refractivity contribution < 1.29 is 0 Å². The fourth-order valence-corrected chi connectivity index (χ4v) is 4.26. The van der Waals surface area contributed by atoms with E-state index in [1.807, 2.05) is 7.05 Å². The van der Waals surface area contributed by atoms with Gasteiger partial charge in [0.15, 0.2) is 5.65 Å². The van der Waals surface area contributed by atoms with Crippen molar-refractivity contribution in [3.05, 3.63) is 39.8 Å². The summed E-state index contributed by atoms with van der Waals surface area (Å²) in [5.41, 5.74) is 5.31. The molecule has 31 heavy (non-hydrogen) atoms. The van der Waals surface area contributed by atoms with E-state index in [1.54, 1.807) is 10.7 Å². The lowest BCUT2D eigenvalue weighted by atomic mass is 10.1. The lowest BCUT2D eigenvalue weighted by Crippen LogP contribution is -2.45. The first-order chi connectivity index (χ1) is 14.9. The molecule has 1 N–H and O–H groups in total. The highest BCUT2D eigenvalue weighted by atomic mass is 79.9. The summed E-state index contributed by atoms with van der Waals surface area (Å²) in [5, 5.41) is 4.49. The number of aromatic amines is 1. The van der Waals surface area contributed by atoms with Crippen LogP contribution < -0.4 is 9.80 Å². The molecule has 162 valence electrons. The van der Waals surface area contributed by atoms with Gasteiger partial charge in [-0.1, -0.05) is 0 Å². The molecule has 5 rings (SSSR count). The number of nitrogens with one attached hydrogen (secondary N) is 1. The lowest BCUT2D eigenvalue weighted by Gasteiger charge is -2.32. The minimum absolute atomic E-state index is 0.582. The molecule has 1 aromatic carbocycles. The molecule has 0 atom stereocenters. The maximum absolute atomic E-state index is 4.90. The number of hydrogen-bond acceptors (Lipinski definition) is 7.